The molecule has 1 aromatic heterocycles. The highest BCUT2D eigenvalue weighted by molar-refractivity contribution is 7.99. The number of nitrogens with one attached hydrogen (secondary N) is 1. The number of para-hydroxylation sites is 1. The van der Waals surface area contributed by atoms with Crippen LogP contribution in [0.5, 0.6) is 0 Å². The maximum atomic E-state index is 12.6. The molecule has 184 valence electrons. The lowest BCUT2D eigenvalue weighted by atomic mass is 10.1. The number of aromatic nitrogens is 3. The summed E-state index contributed by atoms with van der Waals surface area (Å²) in [6, 6.07) is 16.7. The van der Waals surface area contributed by atoms with Crippen molar-refractivity contribution in [2.45, 2.75) is 44.3 Å². The van der Waals surface area contributed by atoms with Gasteiger partial charge in [-0.05, 0) is 68.8 Å². The SMILES string of the molecule is CCCOC(=O)c1ccc(NC(=O)CSc2nnc(CN3CCCCC3)n2-c2ccccc2)cc1. The average Bonchev–Trinajstić information content (AvgIpc) is 3.29. The Kier molecular flexibility index (Phi) is 8.91. The molecule has 1 N–H and O–H groups in total. The van der Waals surface area contributed by atoms with Crippen molar-refractivity contribution < 1.29 is 14.3 Å². The molecule has 1 fully saturated rings. The smallest absolute Gasteiger partial charge is 0.338 e. The molecular formula is C26H31N5O3S. The topological polar surface area (TPSA) is 89.3 Å². The molecule has 35 heavy (non-hydrogen) atoms. The van der Waals surface area contributed by atoms with Gasteiger partial charge in [0.2, 0.25) is 5.91 Å². The van der Waals surface area contributed by atoms with E-state index in [4.69, 9.17) is 4.74 Å². The van der Waals surface area contributed by atoms with Crippen LogP contribution in [-0.2, 0) is 16.1 Å². The third kappa shape index (κ3) is 6.93. The van der Waals surface area contributed by atoms with E-state index in [0.29, 0.717) is 23.0 Å². The molecule has 0 bridgehead atoms. The van der Waals surface area contributed by atoms with Gasteiger partial charge in [0.15, 0.2) is 11.0 Å². The van der Waals surface area contributed by atoms with Crippen LogP contribution < -0.4 is 5.32 Å². The number of carbonyl (C=O) groups excluding carboxylic acids is 2. The zero-order valence-corrected chi connectivity index (χ0v) is 20.8. The summed E-state index contributed by atoms with van der Waals surface area (Å²) < 4.78 is 7.18. The number of nitrogens with zero attached hydrogens (tertiary/aromatic N) is 4. The molecule has 1 saturated heterocycles. The van der Waals surface area contributed by atoms with Crippen LogP contribution in [0.4, 0.5) is 5.69 Å². The summed E-state index contributed by atoms with van der Waals surface area (Å²) in [7, 11) is 0. The van der Waals surface area contributed by atoms with Crippen LogP contribution in [0.15, 0.2) is 59.8 Å². The van der Waals surface area contributed by atoms with Crippen molar-refractivity contribution in [1.82, 2.24) is 19.7 Å². The first-order valence-electron chi connectivity index (χ1n) is 12.1. The summed E-state index contributed by atoms with van der Waals surface area (Å²) in [6.07, 6.45) is 4.48. The number of carbonyl (C=O) groups is 2. The van der Waals surface area contributed by atoms with Gasteiger partial charge in [-0.2, -0.15) is 0 Å². The zero-order valence-electron chi connectivity index (χ0n) is 20.0. The zero-order chi connectivity index (χ0) is 24.5. The molecule has 0 atom stereocenters. The van der Waals surface area contributed by atoms with Crippen molar-refractivity contribution in [3.8, 4) is 5.69 Å². The standard InChI is InChI=1S/C26H31N5O3S/c1-2-17-34-25(33)20-11-13-21(14-12-20)27-24(32)19-35-26-29-28-23(18-30-15-7-4-8-16-30)31(26)22-9-5-3-6-10-22/h3,5-6,9-14H,2,4,7-8,15-19H2,1H3,(H,27,32). The van der Waals surface area contributed by atoms with Crippen LogP contribution in [0, 0.1) is 0 Å². The molecule has 0 spiro atoms. The Morgan fingerprint density at radius 1 is 1.00 bits per heavy atom. The van der Waals surface area contributed by atoms with Gasteiger partial charge in [-0.3, -0.25) is 14.3 Å². The van der Waals surface area contributed by atoms with Crippen molar-refractivity contribution in [3.63, 3.8) is 0 Å². The largest absolute Gasteiger partial charge is 0.462 e. The highest BCUT2D eigenvalue weighted by atomic mass is 32.2. The van der Waals surface area contributed by atoms with E-state index in [0.717, 1.165) is 37.6 Å². The first kappa shape index (κ1) is 24.9. The predicted octanol–water partition coefficient (Wildman–Crippen LogP) is 4.55. The molecule has 0 aliphatic carbocycles. The Morgan fingerprint density at radius 3 is 2.46 bits per heavy atom. The highest BCUT2D eigenvalue weighted by Crippen LogP contribution is 2.24. The van der Waals surface area contributed by atoms with Gasteiger partial charge in [0, 0.05) is 11.4 Å². The molecule has 9 heteroatoms. The van der Waals surface area contributed by atoms with E-state index in [1.807, 2.05) is 41.8 Å². The number of piperidine rings is 1. The number of likely N-dealkylation sites (tertiary alicyclic amines) is 1. The van der Waals surface area contributed by atoms with Crippen molar-refractivity contribution in [2.24, 2.45) is 0 Å². The second-order valence-corrected chi connectivity index (χ2v) is 9.40. The summed E-state index contributed by atoms with van der Waals surface area (Å²) in [6.45, 7) is 5.22. The van der Waals surface area contributed by atoms with Gasteiger partial charge in [0.1, 0.15) is 0 Å². The van der Waals surface area contributed by atoms with Gasteiger partial charge in [-0.25, -0.2) is 4.79 Å². The van der Waals surface area contributed by atoms with E-state index in [9.17, 15) is 9.59 Å². The van der Waals surface area contributed by atoms with Gasteiger partial charge in [-0.15, -0.1) is 10.2 Å². The van der Waals surface area contributed by atoms with Crippen LogP contribution in [0.2, 0.25) is 0 Å². The molecule has 1 aliphatic rings. The minimum atomic E-state index is -0.360. The third-order valence-corrected chi connectivity index (χ3v) is 6.63. The van der Waals surface area contributed by atoms with E-state index < -0.39 is 0 Å². The molecule has 2 aromatic carbocycles. The summed E-state index contributed by atoms with van der Waals surface area (Å²) in [5, 5.41) is 12.4. The lowest BCUT2D eigenvalue weighted by molar-refractivity contribution is -0.113. The first-order valence-corrected chi connectivity index (χ1v) is 13.0. The van der Waals surface area contributed by atoms with Crippen LogP contribution in [0.1, 0.15) is 48.8 Å². The second kappa shape index (κ2) is 12.5. The van der Waals surface area contributed by atoms with Crippen molar-refractivity contribution in [2.75, 3.05) is 30.8 Å². The normalized spacial score (nSPS) is 14.0. The summed E-state index contributed by atoms with van der Waals surface area (Å²) >= 11 is 1.35. The van der Waals surface area contributed by atoms with Crippen molar-refractivity contribution in [1.29, 1.82) is 0 Å². The Labute approximate surface area is 210 Å². The van der Waals surface area contributed by atoms with Crippen LogP contribution >= 0.6 is 11.8 Å². The molecule has 1 aliphatic heterocycles. The number of benzene rings is 2. The Hall–Kier alpha value is -3.17. The molecule has 8 nitrogen and oxygen atoms in total. The number of amides is 1. The summed E-state index contributed by atoms with van der Waals surface area (Å²) in [4.78, 5) is 27.0. The lowest BCUT2D eigenvalue weighted by Crippen LogP contribution is -2.30. The maximum absolute atomic E-state index is 12.6. The fraction of sp³-hybridized carbons (Fsp3) is 0.385. The molecular weight excluding hydrogens is 462 g/mol. The molecule has 4 rings (SSSR count). The van der Waals surface area contributed by atoms with Crippen molar-refractivity contribution >= 4 is 29.3 Å². The first-order chi connectivity index (χ1) is 17.1. The Morgan fingerprint density at radius 2 is 1.74 bits per heavy atom. The van der Waals surface area contributed by atoms with E-state index >= 15 is 0 Å². The van der Waals surface area contributed by atoms with Crippen molar-refractivity contribution in [3.05, 3.63) is 66.0 Å². The number of rotatable bonds is 10. The van der Waals surface area contributed by atoms with Crippen LogP contribution in [-0.4, -0.2) is 57.0 Å². The van der Waals surface area contributed by atoms with Crippen LogP contribution in [0.25, 0.3) is 5.69 Å². The van der Waals surface area contributed by atoms with E-state index in [2.05, 4.69) is 20.4 Å². The van der Waals surface area contributed by atoms with Crippen LogP contribution in [0.3, 0.4) is 0 Å². The minimum Gasteiger partial charge on any atom is -0.462 e. The Bertz CT molecular complexity index is 1110. The quantitative estimate of drug-likeness (QED) is 0.327. The fourth-order valence-corrected chi connectivity index (χ4v) is 4.72. The number of thioether (sulfide) groups is 1. The lowest BCUT2D eigenvalue weighted by Gasteiger charge is -2.26. The molecule has 0 radical (unpaired) electrons. The predicted molar refractivity (Wildman–Crippen MR) is 137 cm³/mol. The van der Waals surface area contributed by atoms with E-state index in [1.165, 1.54) is 31.0 Å². The molecule has 1 amide bonds. The van der Waals surface area contributed by atoms with Gasteiger partial charge >= 0.3 is 5.97 Å². The van der Waals surface area contributed by atoms with E-state index in [-0.39, 0.29) is 17.6 Å². The second-order valence-electron chi connectivity index (χ2n) is 8.46. The molecule has 3 aromatic rings. The van der Waals surface area contributed by atoms with E-state index in [1.54, 1.807) is 24.3 Å². The maximum Gasteiger partial charge on any atom is 0.338 e. The summed E-state index contributed by atoms with van der Waals surface area (Å²) in [5.74, 6) is 0.554. The summed E-state index contributed by atoms with van der Waals surface area (Å²) in [5.41, 5.74) is 2.07. The number of esters is 1. The molecule has 0 saturated carbocycles. The fourth-order valence-electron chi connectivity index (χ4n) is 3.95. The molecule has 2 heterocycles. The highest BCUT2D eigenvalue weighted by Gasteiger charge is 2.19. The monoisotopic (exact) mass is 493 g/mol. The number of hydrogen-bond acceptors (Lipinski definition) is 7. The average molecular weight is 494 g/mol. The van der Waals surface area contributed by atoms with Gasteiger partial charge in [0.05, 0.1) is 24.5 Å². The number of hydrogen-bond donors (Lipinski definition) is 1. The minimum absolute atomic E-state index is 0.156. The van der Waals surface area contributed by atoms with Gasteiger partial charge in [-0.1, -0.05) is 43.3 Å². The molecule has 0 unspecified atom stereocenters. The number of anilines is 1. The third-order valence-electron chi connectivity index (χ3n) is 5.70. The number of ether oxygens (including phenoxy) is 1. The van der Waals surface area contributed by atoms with Gasteiger partial charge in [0.25, 0.3) is 0 Å². The van der Waals surface area contributed by atoms with Gasteiger partial charge < -0.3 is 10.1 Å². The Balaban J connectivity index is 1.39.